The van der Waals surface area contributed by atoms with Crippen LogP contribution in [0.3, 0.4) is 0 Å². The van der Waals surface area contributed by atoms with Crippen LogP contribution in [0.5, 0.6) is 0 Å². The molecule has 0 radical (unpaired) electrons. The maximum absolute atomic E-state index is 3.64. The first-order valence-corrected chi connectivity index (χ1v) is 7.24. The fourth-order valence-corrected chi connectivity index (χ4v) is 3.17. The van der Waals surface area contributed by atoms with Crippen LogP contribution in [0, 0.1) is 5.92 Å². The minimum atomic E-state index is 0.679. The molecule has 2 atom stereocenters. The number of para-hydroxylation sites is 1. The van der Waals surface area contributed by atoms with Crippen LogP contribution in [0.1, 0.15) is 20.3 Å². The van der Waals surface area contributed by atoms with Crippen LogP contribution in [0.25, 0.3) is 0 Å². The van der Waals surface area contributed by atoms with E-state index in [9.17, 15) is 0 Å². The largest absolute Gasteiger partial charge is 0.370 e. The highest BCUT2D eigenvalue weighted by atomic mass is 79.9. The third-order valence-corrected chi connectivity index (χ3v) is 4.24. The summed E-state index contributed by atoms with van der Waals surface area (Å²) in [7, 11) is 0. The van der Waals surface area contributed by atoms with Gasteiger partial charge in [-0.05, 0) is 46.9 Å². The predicted molar refractivity (Wildman–Crippen MR) is 77.6 cm³/mol. The molecule has 1 saturated heterocycles. The molecule has 1 aliphatic heterocycles. The molecule has 1 aromatic rings. The Hall–Kier alpha value is -0.540. The first kappa shape index (κ1) is 12.9. The van der Waals surface area contributed by atoms with Gasteiger partial charge in [0.25, 0.3) is 0 Å². The molecule has 0 amide bonds. The van der Waals surface area contributed by atoms with Gasteiger partial charge < -0.3 is 10.2 Å². The third kappa shape index (κ3) is 3.02. The molecule has 3 heteroatoms. The second kappa shape index (κ2) is 5.87. The van der Waals surface area contributed by atoms with Crippen molar-refractivity contribution in [3.05, 3.63) is 28.7 Å². The van der Waals surface area contributed by atoms with Gasteiger partial charge in [-0.1, -0.05) is 26.0 Å². The molecule has 2 nitrogen and oxygen atoms in total. The van der Waals surface area contributed by atoms with Gasteiger partial charge in [0.15, 0.2) is 0 Å². The van der Waals surface area contributed by atoms with E-state index in [1.807, 2.05) is 0 Å². The standard InChI is InChI=1S/C14H21BrN2/c1-3-16-13-8-9-17(10-11(13)2)14-7-5-4-6-12(14)15/h4-7,11,13,16H,3,8-10H2,1-2H3. The molecule has 94 valence electrons. The lowest BCUT2D eigenvalue weighted by Gasteiger charge is -2.39. The predicted octanol–water partition coefficient (Wildman–Crippen LogP) is 3.27. The summed E-state index contributed by atoms with van der Waals surface area (Å²) in [6.07, 6.45) is 1.23. The minimum Gasteiger partial charge on any atom is -0.370 e. The minimum absolute atomic E-state index is 0.679. The first-order valence-electron chi connectivity index (χ1n) is 6.45. The SMILES string of the molecule is CCNC1CCN(c2ccccc2Br)CC1C. The van der Waals surface area contributed by atoms with E-state index in [0.717, 1.165) is 19.6 Å². The van der Waals surface area contributed by atoms with Crippen molar-refractivity contribution in [2.45, 2.75) is 26.3 Å². The lowest BCUT2D eigenvalue weighted by Crippen LogP contribution is -2.48. The molecule has 1 heterocycles. The van der Waals surface area contributed by atoms with E-state index in [-0.39, 0.29) is 0 Å². The smallest absolute Gasteiger partial charge is 0.0510 e. The summed E-state index contributed by atoms with van der Waals surface area (Å²) in [6, 6.07) is 9.18. The Balaban J connectivity index is 2.04. The summed E-state index contributed by atoms with van der Waals surface area (Å²) < 4.78 is 1.20. The fraction of sp³-hybridized carbons (Fsp3) is 0.571. The summed E-state index contributed by atoms with van der Waals surface area (Å²) in [6.45, 7) is 7.89. The zero-order valence-corrected chi connectivity index (χ0v) is 12.2. The average Bonchev–Trinajstić information content (AvgIpc) is 2.33. The molecule has 17 heavy (non-hydrogen) atoms. The van der Waals surface area contributed by atoms with Crippen molar-refractivity contribution >= 4 is 21.6 Å². The number of benzene rings is 1. The van der Waals surface area contributed by atoms with E-state index in [4.69, 9.17) is 0 Å². The maximum atomic E-state index is 3.64. The van der Waals surface area contributed by atoms with E-state index in [1.165, 1.54) is 16.6 Å². The van der Waals surface area contributed by atoms with Crippen LogP contribution in [0.2, 0.25) is 0 Å². The number of rotatable bonds is 3. The molecule has 0 saturated carbocycles. The maximum Gasteiger partial charge on any atom is 0.0510 e. The van der Waals surface area contributed by atoms with Crippen LogP contribution in [0.15, 0.2) is 28.7 Å². The average molecular weight is 297 g/mol. The van der Waals surface area contributed by atoms with Gasteiger partial charge in [0.2, 0.25) is 0 Å². The van der Waals surface area contributed by atoms with Gasteiger partial charge in [-0.2, -0.15) is 0 Å². The van der Waals surface area contributed by atoms with Crippen molar-refractivity contribution in [3.63, 3.8) is 0 Å². The van der Waals surface area contributed by atoms with Gasteiger partial charge in [-0.15, -0.1) is 0 Å². The Kier molecular flexibility index (Phi) is 4.46. The highest BCUT2D eigenvalue weighted by Gasteiger charge is 2.25. The fourth-order valence-electron chi connectivity index (χ4n) is 2.64. The Morgan fingerprint density at radius 3 is 2.82 bits per heavy atom. The van der Waals surface area contributed by atoms with E-state index in [1.54, 1.807) is 0 Å². The van der Waals surface area contributed by atoms with Crippen molar-refractivity contribution in [2.75, 3.05) is 24.5 Å². The summed E-state index contributed by atoms with van der Waals surface area (Å²) in [4.78, 5) is 2.49. The third-order valence-electron chi connectivity index (χ3n) is 3.56. The topological polar surface area (TPSA) is 15.3 Å². The van der Waals surface area contributed by atoms with Crippen LogP contribution >= 0.6 is 15.9 Å². The highest BCUT2D eigenvalue weighted by Crippen LogP contribution is 2.29. The van der Waals surface area contributed by atoms with Crippen LogP contribution in [-0.4, -0.2) is 25.7 Å². The Morgan fingerprint density at radius 2 is 2.18 bits per heavy atom. The number of piperidine rings is 1. The lowest BCUT2D eigenvalue weighted by atomic mass is 9.93. The lowest BCUT2D eigenvalue weighted by molar-refractivity contribution is 0.326. The highest BCUT2D eigenvalue weighted by molar-refractivity contribution is 9.10. The van der Waals surface area contributed by atoms with E-state index < -0.39 is 0 Å². The number of halogens is 1. The summed E-state index contributed by atoms with van der Waals surface area (Å²) in [5.41, 5.74) is 1.33. The molecule has 0 aromatic heterocycles. The number of hydrogen-bond acceptors (Lipinski definition) is 2. The molecular weight excluding hydrogens is 276 g/mol. The van der Waals surface area contributed by atoms with Crippen molar-refractivity contribution in [2.24, 2.45) is 5.92 Å². The first-order chi connectivity index (χ1) is 8.22. The zero-order chi connectivity index (χ0) is 12.3. The second-order valence-electron chi connectivity index (χ2n) is 4.83. The van der Waals surface area contributed by atoms with Crippen molar-refractivity contribution < 1.29 is 0 Å². The molecule has 1 aromatic carbocycles. The molecule has 0 bridgehead atoms. The van der Waals surface area contributed by atoms with Gasteiger partial charge in [0, 0.05) is 23.6 Å². The van der Waals surface area contributed by atoms with Crippen LogP contribution in [0.4, 0.5) is 5.69 Å². The number of anilines is 1. The molecule has 2 unspecified atom stereocenters. The van der Waals surface area contributed by atoms with Gasteiger partial charge in [0.1, 0.15) is 0 Å². The van der Waals surface area contributed by atoms with E-state index >= 15 is 0 Å². The van der Waals surface area contributed by atoms with Gasteiger partial charge >= 0.3 is 0 Å². The summed E-state index contributed by atoms with van der Waals surface area (Å²) in [5.74, 6) is 0.704. The quantitative estimate of drug-likeness (QED) is 0.921. The summed E-state index contributed by atoms with van der Waals surface area (Å²) >= 11 is 3.64. The van der Waals surface area contributed by atoms with Gasteiger partial charge in [0.05, 0.1) is 5.69 Å². The monoisotopic (exact) mass is 296 g/mol. The van der Waals surface area contributed by atoms with Gasteiger partial charge in [-0.3, -0.25) is 0 Å². The van der Waals surface area contributed by atoms with E-state index in [2.05, 4.69) is 64.3 Å². The molecule has 0 spiro atoms. The Bertz CT molecular complexity index is 367. The molecule has 0 aliphatic carbocycles. The zero-order valence-electron chi connectivity index (χ0n) is 10.6. The number of nitrogens with zero attached hydrogens (tertiary/aromatic N) is 1. The number of nitrogens with one attached hydrogen (secondary N) is 1. The second-order valence-corrected chi connectivity index (χ2v) is 5.68. The van der Waals surface area contributed by atoms with Gasteiger partial charge in [-0.25, -0.2) is 0 Å². The Morgan fingerprint density at radius 1 is 1.41 bits per heavy atom. The van der Waals surface area contributed by atoms with Crippen molar-refractivity contribution in [1.82, 2.24) is 5.32 Å². The molecule has 1 N–H and O–H groups in total. The summed E-state index contributed by atoms with van der Waals surface area (Å²) in [5, 5.41) is 3.58. The van der Waals surface area contributed by atoms with E-state index in [0.29, 0.717) is 12.0 Å². The molecule has 2 rings (SSSR count). The Labute approximate surface area is 113 Å². The molecule has 1 fully saturated rings. The number of hydrogen-bond donors (Lipinski definition) is 1. The van der Waals surface area contributed by atoms with Crippen LogP contribution in [-0.2, 0) is 0 Å². The molecular formula is C14H21BrN2. The van der Waals surface area contributed by atoms with Crippen molar-refractivity contribution in [3.8, 4) is 0 Å². The van der Waals surface area contributed by atoms with Crippen LogP contribution < -0.4 is 10.2 Å². The normalized spacial score (nSPS) is 25.0. The van der Waals surface area contributed by atoms with Crippen molar-refractivity contribution in [1.29, 1.82) is 0 Å². The molecule has 1 aliphatic rings.